The fourth-order valence-corrected chi connectivity index (χ4v) is 2.77. The normalized spacial score (nSPS) is 16.7. The van der Waals surface area contributed by atoms with Crippen LogP contribution in [0.3, 0.4) is 0 Å². The van der Waals surface area contributed by atoms with E-state index in [9.17, 15) is 24.5 Å². The van der Waals surface area contributed by atoms with Crippen molar-refractivity contribution in [2.45, 2.75) is 39.8 Å². The zero-order valence-electron chi connectivity index (χ0n) is 15.9. The Balaban J connectivity index is 2.59. The van der Waals surface area contributed by atoms with Gasteiger partial charge in [0.1, 0.15) is 0 Å². The van der Waals surface area contributed by atoms with Gasteiger partial charge in [0.2, 0.25) is 0 Å². The van der Waals surface area contributed by atoms with Crippen LogP contribution in [0.1, 0.15) is 39.3 Å². The summed E-state index contributed by atoms with van der Waals surface area (Å²) < 4.78 is 10.2. The quantitative estimate of drug-likeness (QED) is 0.448. The molecule has 1 aliphatic heterocycles. The second-order valence-corrected chi connectivity index (χ2v) is 6.41. The predicted molar refractivity (Wildman–Crippen MR) is 96.8 cm³/mol. The summed E-state index contributed by atoms with van der Waals surface area (Å²) in [5.41, 5.74) is 0.462. The lowest BCUT2D eigenvalue weighted by Crippen LogP contribution is -2.49. The highest BCUT2D eigenvalue weighted by Crippen LogP contribution is 2.35. The third kappa shape index (κ3) is 4.64. The number of carbonyl (C=O) groups is 3. The standard InChI is InChI=1S/C18H21N3O7/c1-10(2)28-17(23)15-11(3)19-18(24)20(9-27-12(4)22)16(15)13-6-5-7-14(8-13)21(25)26/h5-8,10,16H,9H2,1-4H3,(H,19,24). The molecule has 1 aliphatic rings. The van der Waals surface area contributed by atoms with Crippen LogP contribution in [0.25, 0.3) is 0 Å². The average Bonchev–Trinajstić information content (AvgIpc) is 2.59. The first kappa shape index (κ1) is 20.9. The number of allylic oxidation sites excluding steroid dienone is 1. The van der Waals surface area contributed by atoms with E-state index in [0.717, 1.165) is 4.90 Å². The number of nitrogens with zero attached hydrogens (tertiary/aromatic N) is 2. The summed E-state index contributed by atoms with van der Waals surface area (Å²) in [6.07, 6.45) is -0.418. The molecule has 28 heavy (non-hydrogen) atoms. The van der Waals surface area contributed by atoms with Crippen LogP contribution in [0.4, 0.5) is 10.5 Å². The maximum absolute atomic E-state index is 12.7. The van der Waals surface area contributed by atoms with E-state index in [2.05, 4.69) is 5.32 Å². The van der Waals surface area contributed by atoms with E-state index in [-0.39, 0.29) is 17.0 Å². The van der Waals surface area contributed by atoms with Gasteiger partial charge in [0.05, 0.1) is 22.6 Å². The SMILES string of the molecule is CC(=O)OCN1C(=O)NC(C)=C(C(=O)OC(C)C)C1c1cccc([N+](=O)[O-])c1. The second kappa shape index (κ2) is 8.51. The summed E-state index contributed by atoms with van der Waals surface area (Å²) in [7, 11) is 0. The molecule has 150 valence electrons. The Hall–Kier alpha value is -3.43. The second-order valence-electron chi connectivity index (χ2n) is 6.41. The lowest BCUT2D eigenvalue weighted by atomic mass is 9.94. The molecule has 0 bridgehead atoms. The van der Waals surface area contributed by atoms with Crippen LogP contribution in [0.15, 0.2) is 35.5 Å². The zero-order valence-corrected chi connectivity index (χ0v) is 15.9. The van der Waals surface area contributed by atoms with Gasteiger partial charge in [0, 0.05) is 24.8 Å². The minimum absolute atomic E-state index is 0.0981. The van der Waals surface area contributed by atoms with Gasteiger partial charge >= 0.3 is 18.0 Å². The molecule has 2 amide bonds. The fourth-order valence-electron chi connectivity index (χ4n) is 2.77. The Kier molecular flexibility index (Phi) is 6.34. The molecule has 2 rings (SSSR count). The minimum atomic E-state index is -1.03. The highest BCUT2D eigenvalue weighted by molar-refractivity contribution is 5.95. The number of hydrogen-bond donors (Lipinski definition) is 1. The van der Waals surface area contributed by atoms with Gasteiger partial charge in [-0.3, -0.25) is 19.8 Å². The van der Waals surface area contributed by atoms with Crippen molar-refractivity contribution < 1.29 is 28.8 Å². The van der Waals surface area contributed by atoms with E-state index >= 15 is 0 Å². The zero-order chi connectivity index (χ0) is 21.0. The van der Waals surface area contributed by atoms with Crippen LogP contribution >= 0.6 is 0 Å². The van der Waals surface area contributed by atoms with Crippen LogP contribution in [-0.2, 0) is 19.1 Å². The number of carbonyl (C=O) groups excluding carboxylic acids is 3. The summed E-state index contributed by atoms with van der Waals surface area (Å²) >= 11 is 0. The first-order valence-electron chi connectivity index (χ1n) is 8.49. The van der Waals surface area contributed by atoms with Gasteiger partial charge in [-0.15, -0.1) is 0 Å². The molecule has 0 aromatic heterocycles. The molecule has 1 aromatic carbocycles. The molecule has 1 N–H and O–H groups in total. The number of nitro benzene ring substituents is 1. The first-order chi connectivity index (χ1) is 13.1. The largest absolute Gasteiger partial charge is 0.459 e. The molecule has 1 aromatic rings. The van der Waals surface area contributed by atoms with Crippen LogP contribution in [-0.4, -0.2) is 40.6 Å². The minimum Gasteiger partial charge on any atom is -0.459 e. The lowest BCUT2D eigenvalue weighted by Gasteiger charge is -2.37. The van der Waals surface area contributed by atoms with Gasteiger partial charge in [0.25, 0.3) is 5.69 Å². The summed E-state index contributed by atoms with van der Waals surface area (Å²) in [6.45, 7) is 5.62. The molecule has 1 heterocycles. The molecule has 1 unspecified atom stereocenters. The molecular formula is C18H21N3O7. The van der Waals surface area contributed by atoms with Crippen LogP contribution in [0.2, 0.25) is 0 Å². The van der Waals surface area contributed by atoms with Crippen LogP contribution in [0.5, 0.6) is 0 Å². The third-order valence-electron chi connectivity index (χ3n) is 3.91. The van der Waals surface area contributed by atoms with Crippen LogP contribution in [0, 0.1) is 10.1 Å². The van der Waals surface area contributed by atoms with Crippen molar-refractivity contribution in [1.29, 1.82) is 0 Å². The van der Waals surface area contributed by atoms with E-state index in [1.165, 1.54) is 32.0 Å². The van der Waals surface area contributed by atoms with Crippen molar-refractivity contribution in [1.82, 2.24) is 10.2 Å². The summed E-state index contributed by atoms with van der Waals surface area (Å²) in [4.78, 5) is 48.1. The number of nitro groups is 1. The van der Waals surface area contributed by atoms with Gasteiger partial charge in [-0.1, -0.05) is 12.1 Å². The van der Waals surface area contributed by atoms with Crippen molar-refractivity contribution in [2.75, 3.05) is 6.73 Å². The topological polar surface area (TPSA) is 128 Å². The molecule has 10 nitrogen and oxygen atoms in total. The molecule has 0 spiro atoms. The number of urea groups is 1. The van der Waals surface area contributed by atoms with E-state index in [1.807, 2.05) is 0 Å². The number of esters is 2. The summed E-state index contributed by atoms with van der Waals surface area (Å²) in [5, 5.41) is 13.7. The van der Waals surface area contributed by atoms with E-state index in [1.54, 1.807) is 19.9 Å². The number of rotatable bonds is 6. The van der Waals surface area contributed by atoms with Crippen molar-refractivity contribution in [2.24, 2.45) is 0 Å². The fraction of sp³-hybridized carbons (Fsp3) is 0.389. The molecule has 0 saturated carbocycles. The van der Waals surface area contributed by atoms with Gasteiger partial charge < -0.3 is 14.8 Å². The van der Waals surface area contributed by atoms with E-state index in [0.29, 0.717) is 5.56 Å². The average molecular weight is 391 g/mol. The van der Waals surface area contributed by atoms with Gasteiger partial charge in [-0.05, 0) is 26.3 Å². The molecule has 0 saturated heterocycles. The number of amides is 2. The summed E-state index contributed by atoms with van der Waals surface area (Å²) in [5.74, 6) is -1.31. The first-order valence-corrected chi connectivity index (χ1v) is 8.49. The highest BCUT2D eigenvalue weighted by atomic mass is 16.6. The number of nitrogens with one attached hydrogen (secondary N) is 1. The maximum atomic E-state index is 12.7. The smallest absolute Gasteiger partial charge is 0.338 e. The van der Waals surface area contributed by atoms with Crippen LogP contribution < -0.4 is 5.32 Å². The van der Waals surface area contributed by atoms with Crippen molar-refractivity contribution in [3.05, 3.63) is 51.2 Å². The third-order valence-corrected chi connectivity index (χ3v) is 3.91. The monoisotopic (exact) mass is 391 g/mol. The molecule has 10 heteroatoms. The Labute approximate surface area is 161 Å². The molecule has 1 atom stereocenters. The van der Waals surface area contributed by atoms with Crippen molar-refractivity contribution in [3.8, 4) is 0 Å². The summed E-state index contributed by atoms with van der Waals surface area (Å²) in [6, 6.07) is 3.92. The molecule has 0 radical (unpaired) electrons. The lowest BCUT2D eigenvalue weighted by molar-refractivity contribution is -0.384. The van der Waals surface area contributed by atoms with Gasteiger partial charge in [-0.2, -0.15) is 0 Å². The number of ether oxygens (including phenoxy) is 2. The Morgan fingerprint density at radius 1 is 1.36 bits per heavy atom. The maximum Gasteiger partial charge on any atom is 0.338 e. The Morgan fingerprint density at radius 2 is 2.04 bits per heavy atom. The van der Waals surface area contributed by atoms with Gasteiger partial charge in [0.15, 0.2) is 6.73 Å². The molecular weight excluding hydrogens is 370 g/mol. The van der Waals surface area contributed by atoms with Crippen molar-refractivity contribution in [3.63, 3.8) is 0 Å². The molecule has 0 fully saturated rings. The van der Waals surface area contributed by atoms with E-state index in [4.69, 9.17) is 9.47 Å². The number of benzene rings is 1. The number of hydrogen-bond acceptors (Lipinski definition) is 7. The van der Waals surface area contributed by atoms with E-state index < -0.39 is 41.8 Å². The number of non-ortho nitro benzene ring substituents is 1. The van der Waals surface area contributed by atoms with Gasteiger partial charge in [-0.25, -0.2) is 9.59 Å². The highest BCUT2D eigenvalue weighted by Gasteiger charge is 2.39. The predicted octanol–water partition coefficient (Wildman–Crippen LogP) is 2.41. The Morgan fingerprint density at radius 3 is 2.61 bits per heavy atom. The van der Waals surface area contributed by atoms with Crippen molar-refractivity contribution >= 4 is 23.7 Å². The molecule has 0 aliphatic carbocycles. The Bertz CT molecular complexity index is 847.